The Kier molecular flexibility index (Phi) is 8.55. The second-order valence-corrected chi connectivity index (χ2v) is 15.1. The Balaban J connectivity index is 0.000000212. The maximum atomic E-state index is 12.4. The van der Waals surface area contributed by atoms with Gasteiger partial charge in [-0.1, -0.05) is 96.8 Å². The van der Waals surface area contributed by atoms with E-state index in [1.165, 1.54) is 45.9 Å². The first-order valence-corrected chi connectivity index (χ1v) is 21.5. The molecule has 0 saturated carbocycles. The van der Waals surface area contributed by atoms with E-state index in [0.29, 0.717) is 31.6 Å². The molecule has 0 unspecified atom stereocenters. The molecule has 0 saturated heterocycles. The summed E-state index contributed by atoms with van der Waals surface area (Å²) in [6.07, 6.45) is -2.43. The molecule has 0 fully saturated rings. The van der Waals surface area contributed by atoms with Crippen molar-refractivity contribution in [1.82, 2.24) is 22.8 Å². The highest BCUT2D eigenvalue weighted by atomic mass is 16.1. The Morgan fingerprint density at radius 3 is 0.986 bits per heavy atom. The molecular formula is C64H63N5O5. The van der Waals surface area contributed by atoms with Gasteiger partial charge in [-0.15, -0.1) is 0 Å². The number of aryl methyl sites for hydroxylation is 3. The summed E-state index contributed by atoms with van der Waals surface area (Å²) < 4.78 is 265. The van der Waals surface area contributed by atoms with Crippen LogP contribution in [0.3, 0.4) is 0 Å². The van der Waals surface area contributed by atoms with Crippen LogP contribution in [0.2, 0.25) is 0 Å². The maximum absolute atomic E-state index is 12.4. The summed E-state index contributed by atoms with van der Waals surface area (Å²) in [6, 6.07) is 11.0. The van der Waals surface area contributed by atoms with Crippen LogP contribution in [0.1, 0.15) is 96.7 Å². The van der Waals surface area contributed by atoms with Gasteiger partial charge < -0.3 is 0 Å². The van der Waals surface area contributed by atoms with Crippen molar-refractivity contribution in [1.29, 1.82) is 0 Å². The van der Waals surface area contributed by atoms with Crippen molar-refractivity contribution < 1.29 is 46.6 Å². The molecule has 10 nitrogen and oxygen atoms in total. The number of para-hydroxylation sites is 5. The molecule has 0 atom stereocenters. The summed E-state index contributed by atoms with van der Waals surface area (Å²) >= 11 is 0. The lowest BCUT2D eigenvalue weighted by molar-refractivity contribution is 0.966. The van der Waals surface area contributed by atoms with Crippen molar-refractivity contribution in [2.24, 2.45) is 0 Å². The standard InChI is InChI=1S/4C13H13NO.C12H11NO/c4*1-10-8-13(15)14(9-11(10)2)12-6-4-3-5-7-12;1-10-7-8-12(14)13(9-10)11-5-3-2-4-6-11/h4*3-9H,1-2H3;2-9H,1H3/i2D3,3D,4D,5D,6D,7D,8D,9D;2D3,3D,4D,5D,6D,7D,9D;2D3,8D,9D;2D3,9D;2D,3D,4D,5D,6D,9D. The van der Waals surface area contributed by atoms with Crippen molar-refractivity contribution in [2.75, 3.05) is 0 Å². The summed E-state index contributed by atoms with van der Waals surface area (Å²) in [5.74, 6) is 0. The van der Waals surface area contributed by atoms with E-state index in [4.69, 9.17) is 46.6 Å². The fraction of sp³-hybridized carbons (Fsp3) is 0.141. The van der Waals surface area contributed by atoms with Crippen LogP contribution in [0.15, 0.2) is 242 Å². The first-order valence-electron chi connectivity index (χ1n) is 38.5. The molecule has 10 heteroatoms. The van der Waals surface area contributed by atoms with E-state index >= 15 is 0 Å². The molecule has 10 rings (SSSR count). The summed E-state index contributed by atoms with van der Waals surface area (Å²) in [6.45, 7) is -3.34. The molecule has 0 bridgehead atoms. The second-order valence-electron chi connectivity index (χ2n) is 15.1. The van der Waals surface area contributed by atoms with E-state index in [2.05, 4.69) is 0 Å². The van der Waals surface area contributed by atoms with E-state index in [1.54, 1.807) is 67.6 Å². The van der Waals surface area contributed by atoms with Crippen LogP contribution in [-0.2, 0) is 0 Å². The van der Waals surface area contributed by atoms with Gasteiger partial charge in [-0.25, -0.2) is 0 Å². The van der Waals surface area contributed by atoms with E-state index in [0.717, 1.165) is 19.8 Å². The molecule has 0 aliphatic heterocycles. The second kappa shape index (κ2) is 25.8. The lowest BCUT2D eigenvalue weighted by Crippen LogP contribution is -2.17. The molecular weight excluding hydrogens is 919 g/mol. The lowest BCUT2D eigenvalue weighted by atomic mass is 10.2. The summed E-state index contributed by atoms with van der Waals surface area (Å²) in [5.41, 5.74) is -4.94. The van der Waals surface area contributed by atoms with Gasteiger partial charge >= 0.3 is 0 Å². The average Bonchev–Trinajstić information content (AvgIpc) is 0.748. The summed E-state index contributed by atoms with van der Waals surface area (Å²) in [5, 5.41) is 0. The molecule has 0 radical (unpaired) electrons. The Bertz CT molecular complexity index is 5460. The fourth-order valence-electron chi connectivity index (χ4n) is 5.83. The molecule has 5 aromatic heterocycles. The van der Waals surface area contributed by atoms with Gasteiger partial charge in [0.25, 0.3) is 27.8 Å². The van der Waals surface area contributed by atoms with Crippen molar-refractivity contribution in [3.63, 3.8) is 0 Å². The van der Waals surface area contributed by atoms with Crippen molar-refractivity contribution in [3.8, 4) is 28.4 Å². The SMILES string of the molecule is [2H]c1c(C([2H])([2H])[2H])c(C)cc(=O)n1-c1ccccc1.[2H]c1c(C)c(C([2H])([2H])[2H])c([2H])n(-c2ccccc2)c1=O.[2H]c1c([2H])c([2H])c(-n2c([2H])c(C([2H])([2H])[2H])c(C)c([2H])c2=O)c([2H])c1[2H].[2H]c1c([2H])c([2H])c(-n2c([2H])c(C([2H])([2H])[2H])c(C)cc2=O)c([2H])c1[2H].[2H]c1c([2H])c([2H])c(-n2c([2H])c(C)ccc2=O)c([2H])c1[2H]. The molecule has 5 aromatic carbocycles. The molecule has 0 N–H and O–H groups in total. The average molecular weight is 1020 g/mol. The van der Waals surface area contributed by atoms with Gasteiger partial charge in [0.1, 0.15) is 0 Å². The normalized spacial score (nSPS) is 17.5. The molecule has 10 aromatic rings. The van der Waals surface area contributed by atoms with Crippen molar-refractivity contribution >= 4 is 0 Å². The largest absolute Gasteiger partial charge is 0.284 e. The molecule has 0 aliphatic rings. The predicted molar refractivity (Wildman–Crippen MR) is 303 cm³/mol. The van der Waals surface area contributed by atoms with Gasteiger partial charge in [0.15, 0.2) is 0 Å². The van der Waals surface area contributed by atoms with Crippen LogP contribution in [0, 0.1) is 62.0 Å². The lowest BCUT2D eigenvalue weighted by Gasteiger charge is -2.07. The third-order valence-corrected chi connectivity index (χ3v) is 9.69. The Hall–Kier alpha value is -9.15. The Labute approximate surface area is 480 Å². The number of nitrogens with zero attached hydrogens (tertiary/aromatic N) is 5. The number of rotatable bonds is 5. The number of pyridine rings is 5. The van der Waals surface area contributed by atoms with E-state index in [9.17, 15) is 24.0 Å². The Morgan fingerprint density at radius 2 is 0.622 bits per heavy atom. The molecule has 74 heavy (non-hydrogen) atoms. The van der Waals surface area contributed by atoms with Crippen LogP contribution in [0.4, 0.5) is 0 Å². The molecule has 5 heterocycles. The van der Waals surface area contributed by atoms with Gasteiger partial charge in [-0.05, 0) is 173 Å². The fourth-order valence-corrected chi connectivity index (χ4v) is 5.83. The van der Waals surface area contributed by atoms with Crippen molar-refractivity contribution in [3.05, 3.63) is 320 Å². The third kappa shape index (κ3) is 14.7. The van der Waals surface area contributed by atoms with Gasteiger partial charge in [-0.3, -0.25) is 46.8 Å². The predicted octanol–water partition coefficient (Wildman–Crippen LogP) is 12.0. The van der Waals surface area contributed by atoms with Gasteiger partial charge in [-0.2, -0.15) is 0 Å². The monoisotopic (exact) mass is 1020 g/mol. The highest BCUT2D eigenvalue weighted by Crippen LogP contribution is 2.12. The zero-order valence-corrected chi connectivity index (χ0v) is 39.9. The number of hydrogen-bond donors (Lipinski definition) is 0. The zero-order chi connectivity index (χ0) is 82.5. The highest BCUT2D eigenvalue weighted by Gasteiger charge is 2.05. The molecule has 0 aliphatic carbocycles. The number of benzene rings is 5. The first kappa shape index (κ1) is 24.5. The molecule has 374 valence electrons. The van der Waals surface area contributed by atoms with Crippen LogP contribution in [0.5, 0.6) is 0 Å². The maximum Gasteiger partial charge on any atom is 0.255 e. The Morgan fingerprint density at radius 1 is 0.311 bits per heavy atom. The number of aromatic nitrogens is 5. The zero-order valence-electron chi connectivity index (χ0n) is 73.9. The van der Waals surface area contributed by atoms with E-state index < -0.39 is 199 Å². The molecule has 0 spiro atoms. The van der Waals surface area contributed by atoms with E-state index in [1.807, 2.05) is 0 Å². The van der Waals surface area contributed by atoms with Crippen LogP contribution in [-0.4, -0.2) is 22.8 Å². The smallest absolute Gasteiger partial charge is 0.255 e. The molecule has 0 amide bonds. The minimum atomic E-state index is -2.82. The number of hydrogen-bond acceptors (Lipinski definition) is 5. The van der Waals surface area contributed by atoms with Crippen LogP contribution in [0.25, 0.3) is 28.4 Å². The minimum Gasteiger partial charge on any atom is -0.284 e. The van der Waals surface area contributed by atoms with Crippen LogP contribution < -0.4 is 27.8 Å². The van der Waals surface area contributed by atoms with Gasteiger partial charge in [0.05, 0.1) is 30.2 Å². The van der Waals surface area contributed by atoms with Crippen molar-refractivity contribution in [2.45, 2.75) is 62.0 Å². The van der Waals surface area contributed by atoms with E-state index in [-0.39, 0.29) is 45.9 Å². The third-order valence-electron chi connectivity index (χ3n) is 9.69. The quantitative estimate of drug-likeness (QED) is 0.171. The summed E-state index contributed by atoms with van der Waals surface area (Å²) in [7, 11) is 0. The van der Waals surface area contributed by atoms with Gasteiger partial charge in [0, 0.05) is 106 Å². The highest BCUT2D eigenvalue weighted by molar-refractivity contribution is 5.38. The topological polar surface area (TPSA) is 110 Å². The van der Waals surface area contributed by atoms with Crippen LogP contribution >= 0.6 is 0 Å². The summed E-state index contributed by atoms with van der Waals surface area (Å²) in [4.78, 5) is 60.8. The first-order chi connectivity index (χ1) is 49.5. The minimum absolute atomic E-state index is 0.0344. The van der Waals surface area contributed by atoms with Gasteiger partial charge in [0.2, 0.25) is 0 Å².